The first-order chi connectivity index (χ1) is 16.1. The Bertz CT molecular complexity index is 1140. The van der Waals surface area contributed by atoms with Crippen molar-refractivity contribution in [1.82, 2.24) is 24.8 Å². The van der Waals surface area contributed by atoms with E-state index in [-0.39, 0.29) is 12.5 Å². The number of pyridine rings is 1. The van der Waals surface area contributed by atoms with Crippen LogP contribution < -0.4 is 5.32 Å². The van der Waals surface area contributed by atoms with Gasteiger partial charge in [-0.15, -0.1) is 0 Å². The zero-order valence-corrected chi connectivity index (χ0v) is 18.5. The number of urea groups is 1. The summed E-state index contributed by atoms with van der Waals surface area (Å²) >= 11 is 0. The fraction of sp³-hybridized carbons (Fsp3) is 0.417. The van der Waals surface area contributed by atoms with Gasteiger partial charge in [0.2, 0.25) is 0 Å². The third kappa shape index (κ3) is 4.48. The fourth-order valence-electron chi connectivity index (χ4n) is 4.71. The maximum absolute atomic E-state index is 13.1. The number of aromatic amines is 1. The lowest BCUT2D eigenvalue weighted by Crippen LogP contribution is -2.36. The van der Waals surface area contributed by atoms with E-state index in [1.807, 2.05) is 24.3 Å². The number of carboxylic acid groups (broad SMARTS) is 1. The third-order valence-corrected chi connectivity index (χ3v) is 6.41. The van der Waals surface area contributed by atoms with Gasteiger partial charge in [-0.05, 0) is 49.4 Å². The van der Waals surface area contributed by atoms with Crippen molar-refractivity contribution in [3.63, 3.8) is 0 Å². The quantitative estimate of drug-likeness (QED) is 0.488. The molecule has 33 heavy (non-hydrogen) atoms. The zero-order valence-electron chi connectivity index (χ0n) is 18.5. The Hall–Kier alpha value is -3.62. The van der Waals surface area contributed by atoms with Gasteiger partial charge in [0.05, 0.1) is 17.5 Å². The number of imidazole rings is 1. The number of H-pyrrole nitrogens is 1. The van der Waals surface area contributed by atoms with Gasteiger partial charge in [0.15, 0.2) is 0 Å². The first kappa shape index (κ1) is 21.2. The molecule has 0 spiro atoms. The van der Waals surface area contributed by atoms with Gasteiger partial charge in [0.1, 0.15) is 17.7 Å². The molecular weight excluding hydrogens is 420 g/mol. The fourth-order valence-corrected chi connectivity index (χ4v) is 4.71. The van der Waals surface area contributed by atoms with Crippen LogP contribution in [0.4, 0.5) is 10.6 Å². The molecule has 9 nitrogen and oxygen atoms in total. The number of fused-ring (bicyclic) bond motifs is 2. The molecule has 1 fully saturated rings. The molecule has 172 valence electrons. The lowest BCUT2D eigenvalue weighted by atomic mass is 10.1. The average molecular weight is 449 g/mol. The van der Waals surface area contributed by atoms with Gasteiger partial charge < -0.3 is 25.2 Å². The average Bonchev–Trinajstić information content (AvgIpc) is 3.41. The Morgan fingerprint density at radius 1 is 1.15 bits per heavy atom. The number of nitrogens with zero attached hydrogens (tertiary/aromatic N) is 4. The molecule has 2 amide bonds. The number of benzene rings is 1. The molecule has 5 rings (SSSR count). The number of hydrogen-bond donors (Lipinski definition) is 3. The monoisotopic (exact) mass is 448 g/mol. The van der Waals surface area contributed by atoms with Crippen LogP contribution in [0, 0.1) is 0 Å². The van der Waals surface area contributed by atoms with Crippen molar-refractivity contribution >= 4 is 28.9 Å². The second kappa shape index (κ2) is 9.09. The molecule has 9 heteroatoms. The van der Waals surface area contributed by atoms with E-state index >= 15 is 0 Å². The number of carbonyl (C=O) groups is 2. The van der Waals surface area contributed by atoms with E-state index in [0.717, 1.165) is 54.8 Å². The Morgan fingerprint density at radius 3 is 2.88 bits per heavy atom. The summed E-state index contributed by atoms with van der Waals surface area (Å²) in [6, 6.07) is 11.0. The Labute approximate surface area is 191 Å². The Kier molecular flexibility index (Phi) is 5.85. The first-order valence-corrected chi connectivity index (χ1v) is 11.5. The number of anilines is 1. The van der Waals surface area contributed by atoms with Gasteiger partial charge in [0, 0.05) is 31.9 Å². The zero-order chi connectivity index (χ0) is 22.8. The highest BCUT2D eigenvalue weighted by Crippen LogP contribution is 2.28. The highest BCUT2D eigenvalue weighted by molar-refractivity contribution is 5.79. The minimum Gasteiger partial charge on any atom is -0.481 e. The lowest BCUT2D eigenvalue weighted by Gasteiger charge is -2.25. The number of carboxylic acids is 1. The molecular formula is C24H28N6O3. The second-order valence-electron chi connectivity index (χ2n) is 8.66. The maximum atomic E-state index is 13.1. The van der Waals surface area contributed by atoms with Crippen LogP contribution in [0.1, 0.15) is 42.4 Å². The number of carbonyl (C=O) groups excluding carboxylic acids is 1. The molecule has 0 unspecified atom stereocenters. The van der Waals surface area contributed by atoms with Crippen molar-refractivity contribution in [2.75, 3.05) is 31.5 Å². The van der Waals surface area contributed by atoms with Crippen LogP contribution in [0.15, 0.2) is 36.4 Å². The SMILES string of the molecule is O=C(O)C[C@H](c1nc2ccccc2[nH]1)N1CCN(CCCc2ccc3c(n2)NCCC3)C1=O. The molecule has 2 aliphatic rings. The number of rotatable bonds is 8. The molecule has 4 heterocycles. The van der Waals surface area contributed by atoms with Gasteiger partial charge in [0.25, 0.3) is 0 Å². The maximum Gasteiger partial charge on any atom is 0.320 e. The van der Waals surface area contributed by atoms with E-state index < -0.39 is 12.0 Å². The number of para-hydroxylation sites is 2. The van der Waals surface area contributed by atoms with E-state index in [2.05, 4.69) is 27.4 Å². The molecule has 0 aliphatic carbocycles. The van der Waals surface area contributed by atoms with Crippen LogP contribution >= 0.6 is 0 Å². The van der Waals surface area contributed by atoms with Crippen molar-refractivity contribution in [2.24, 2.45) is 0 Å². The third-order valence-electron chi connectivity index (χ3n) is 6.41. The van der Waals surface area contributed by atoms with Crippen molar-refractivity contribution in [1.29, 1.82) is 0 Å². The second-order valence-corrected chi connectivity index (χ2v) is 8.66. The summed E-state index contributed by atoms with van der Waals surface area (Å²) in [5.74, 6) is 0.544. The van der Waals surface area contributed by atoms with Crippen LogP contribution in [0.2, 0.25) is 0 Å². The summed E-state index contributed by atoms with van der Waals surface area (Å²) in [6.07, 6.45) is 3.61. The molecule has 1 saturated heterocycles. The number of hydrogen-bond acceptors (Lipinski definition) is 5. The van der Waals surface area contributed by atoms with Crippen molar-refractivity contribution in [3.05, 3.63) is 53.5 Å². The Morgan fingerprint density at radius 2 is 2.03 bits per heavy atom. The summed E-state index contributed by atoms with van der Waals surface area (Å²) in [5, 5.41) is 12.8. The predicted octanol–water partition coefficient (Wildman–Crippen LogP) is 3.20. The molecule has 1 aromatic carbocycles. The van der Waals surface area contributed by atoms with Crippen LogP contribution in [0.25, 0.3) is 11.0 Å². The van der Waals surface area contributed by atoms with E-state index in [1.54, 1.807) is 9.80 Å². The van der Waals surface area contributed by atoms with E-state index in [1.165, 1.54) is 5.56 Å². The topological polar surface area (TPSA) is 114 Å². The number of aryl methyl sites for hydroxylation is 2. The van der Waals surface area contributed by atoms with E-state index in [0.29, 0.717) is 25.5 Å². The van der Waals surface area contributed by atoms with E-state index in [9.17, 15) is 14.7 Å². The highest BCUT2D eigenvalue weighted by Gasteiger charge is 2.36. The summed E-state index contributed by atoms with van der Waals surface area (Å²) in [5.41, 5.74) is 3.89. The van der Waals surface area contributed by atoms with Crippen molar-refractivity contribution in [2.45, 2.75) is 38.1 Å². The van der Waals surface area contributed by atoms with Crippen LogP contribution in [0.3, 0.4) is 0 Å². The summed E-state index contributed by atoms with van der Waals surface area (Å²) in [4.78, 5) is 40.6. The number of amides is 2. The number of aliphatic carboxylic acids is 1. The van der Waals surface area contributed by atoms with Gasteiger partial charge in [-0.25, -0.2) is 14.8 Å². The molecule has 1 atom stereocenters. The predicted molar refractivity (Wildman–Crippen MR) is 124 cm³/mol. The largest absolute Gasteiger partial charge is 0.481 e. The minimum atomic E-state index is -0.959. The summed E-state index contributed by atoms with van der Waals surface area (Å²) in [7, 11) is 0. The molecule has 0 bridgehead atoms. The Balaban J connectivity index is 1.23. The molecule has 0 saturated carbocycles. The van der Waals surface area contributed by atoms with Crippen molar-refractivity contribution < 1.29 is 14.7 Å². The van der Waals surface area contributed by atoms with Gasteiger partial charge in [-0.2, -0.15) is 0 Å². The van der Waals surface area contributed by atoms with Crippen LogP contribution in [-0.2, 0) is 17.6 Å². The van der Waals surface area contributed by atoms with Gasteiger partial charge >= 0.3 is 12.0 Å². The molecule has 0 radical (unpaired) electrons. The minimum absolute atomic E-state index is 0.137. The van der Waals surface area contributed by atoms with Crippen molar-refractivity contribution in [3.8, 4) is 0 Å². The molecule has 2 aliphatic heterocycles. The standard InChI is InChI=1S/C24H28N6O3/c31-21(32)15-20(23-27-18-7-1-2-8-19(18)28-23)30-14-13-29(24(30)33)12-4-6-17-10-9-16-5-3-11-25-22(16)26-17/h1-2,7-10,20H,3-6,11-15H2,(H,25,26)(H,27,28)(H,31,32)/t20-/m1/s1. The molecule has 3 N–H and O–H groups in total. The number of aromatic nitrogens is 3. The van der Waals surface area contributed by atoms with Crippen LogP contribution in [-0.4, -0.2) is 68.0 Å². The smallest absolute Gasteiger partial charge is 0.320 e. The first-order valence-electron chi connectivity index (χ1n) is 11.5. The molecule has 3 aromatic rings. The number of nitrogens with one attached hydrogen (secondary N) is 2. The summed E-state index contributed by atoms with van der Waals surface area (Å²) in [6.45, 7) is 2.63. The normalized spacial score (nSPS) is 16.7. The summed E-state index contributed by atoms with van der Waals surface area (Å²) < 4.78 is 0. The lowest BCUT2D eigenvalue weighted by molar-refractivity contribution is -0.138. The highest BCUT2D eigenvalue weighted by atomic mass is 16.4. The molecule has 2 aromatic heterocycles. The van der Waals surface area contributed by atoms with E-state index in [4.69, 9.17) is 4.98 Å². The van der Waals surface area contributed by atoms with Crippen LogP contribution in [0.5, 0.6) is 0 Å². The van der Waals surface area contributed by atoms with Gasteiger partial charge in [-0.1, -0.05) is 18.2 Å². The van der Waals surface area contributed by atoms with Gasteiger partial charge in [-0.3, -0.25) is 4.79 Å².